The lowest BCUT2D eigenvalue weighted by Gasteiger charge is -2.13. The van der Waals surface area contributed by atoms with Gasteiger partial charge in [0.1, 0.15) is 5.82 Å². The molecule has 110 valence electrons. The van der Waals surface area contributed by atoms with E-state index < -0.39 is 11.7 Å². The Labute approximate surface area is 124 Å². The van der Waals surface area contributed by atoms with E-state index in [2.05, 4.69) is 38.2 Å². The highest BCUT2D eigenvalue weighted by atomic mass is 19.1. The Kier molecular flexibility index (Phi) is 4.26. The van der Waals surface area contributed by atoms with Crippen molar-refractivity contribution in [3.63, 3.8) is 0 Å². The molecule has 0 aromatic heterocycles. The van der Waals surface area contributed by atoms with Crippen LogP contribution in [0.1, 0.15) is 32.6 Å². The van der Waals surface area contributed by atoms with Gasteiger partial charge in [-0.25, -0.2) is 4.39 Å². The standard InChI is InChI=1S/C17H19FN2O/c1-10-6-11(2)15(12(3)7-10)9-20-13-4-5-16(18)14(8-13)17(19)21/h4-8,20H,9H2,1-3H3,(H2,19,21). The molecular formula is C17H19FN2O. The van der Waals surface area contributed by atoms with Crippen LogP contribution in [0, 0.1) is 26.6 Å². The van der Waals surface area contributed by atoms with Crippen LogP contribution in [0.25, 0.3) is 0 Å². The minimum absolute atomic E-state index is 0.0997. The fourth-order valence-electron chi connectivity index (χ4n) is 2.50. The third-order valence-corrected chi connectivity index (χ3v) is 3.54. The second kappa shape index (κ2) is 5.95. The maximum absolute atomic E-state index is 13.4. The van der Waals surface area contributed by atoms with Crippen molar-refractivity contribution in [1.82, 2.24) is 0 Å². The maximum Gasteiger partial charge on any atom is 0.251 e. The highest BCUT2D eigenvalue weighted by molar-refractivity contribution is 5.94. The van der Waals surface area contributed by atoms with Crippen molar-refractivity contribution in [3.8, 4) is 0 Å². The molecule has 0 bridgehead atoms. The smallest absolute Gasteiger partial charge is 0.251 e. The summed E-state index contributed by atoms with van der Waals surface area (Å²) in [5, 5.41) is 3.21. The minimum Gasteiger partial charge on any atom is -0.381 e. The summed E-state index contributed by atoms with van der Waals surface area (Å²) in [5.74, 6) is -1.37. The molecule has 3 N–H and O–H groups in total. The van der Waals surface area contributed by atoms with Crippen LogP contribution >= 0.6 is 0 Å². The largest absolute Gasteiger partial charge is 0.381 e. The lowest BCUT2D eigenvalue weighted by Crippen LogP contribution is -2.14. The van der Waals surface area contributed by atoms with E-state index in [0.29, 0.717) is 12.2 Å². The third-order valence-electron chi connectivity index (χ3n) is 3.54. The number of amides is 1. The SMILES string of the molecule is Cc1cc(C)c(CNc2ccc(F)c(C(N)=O)c2)c(C)c1. The number of rotatable bonds is 4. The van der Waals surface area contributed by atoms with E-state index in [4.69, 9.17) is 5.73 Å². The molecule has 2 aromatic rings. The number of carbonyl (C=O) groups excluding carboxylic acids is 1. The summed E-state index contributed by atoms with van der Waals surface area (Å²) in [6, 6.07) is 8.54. The van der Waals surface area contributed by atoms with Crippen LogP contribution in [0.4, 0.5) is 10.1 Å². The molecule has 4 heteroatoms. The van der Waals surface area contributed by atoms with E-state index >= 15 is 0 Å². The number of carbonyl (C=O) groups is 1. The van der Waals surface area contributed by atoms with Crippen LogP contribution in [0.15, 0.2) is 30.3 Å². The second-order valence-electron chi connectivity index (χ2n) is 5.29. The van der Waals surface area contributed by atoms with E-state index in [0.717, 1.165) is 0 Å². The Bertz CT molecular complexity index is 672. The minimum atomic E-state index is -0.765. The van der Waals surface area contributed by atoms with E-state index in [1.807, 2.05) is 0 Å². The zero-order valence-corrected chi connectivity index (χ0v) is 12.5. The number of aryl methyl sites for hydroxylation is 3. The van der Waals surface area contributed by atoms with Crippen LogP contribution in [0.2, 0.25) is 0 Å². The van der Waals surface area contributed by atoms with Crippen molar-refractivity contribution >= 4 is 11.6 Å². The molecular weight excluding hydrogens is 267 g/mol. The van der Waals surface area contributed by atoms with Gasteiger partial charge in [-0.3, -0.25) is 4.79 Å². The first-order valence-electron chi connectivity index (χ1n) is 6.78. The Morgan fingerprint density at radius 2 is 1.76 bits per heavy atom. The van der Waals surface area contributed by atoms with Crippen LogP contribution in [-0.4, -0.2) is 5.91 Å². The molecule has 0 saturated carbocycles. The Morgan fingerprint density at radius 3 is 2.33 bits per heavy atom. The van der Waals surface area contributed by atoms with Crippen LogP contribution < -0.4 is 11.1 Å². The number of nitrogens with two attached hydrogens (primary N) is 1. The number of hydrogen-bond donors (Lipinski definition) is 2. The quantitative estimate of drug-likeness (QED) is 0.904. The van der Waals surface area contributed by atoms with Crippen LogP contribution in [0.3, 0.4) is 0 Å². The molecule has 0 aliphatic heterocycles. The van der Waals surface area contributed by atoms with Gasteiger partial charge < -0.3 is 11.1 Å². The lowest BCUT2D eigenvalue weighted by molar-refractivity contribution is 0.0996. The van der Waals surface area contributed by atoms with Gasteiger partial charge in [0, 0.05) is 12.2 Å². The zero-order chi connectivity index (χ0) is 15.6. The van der Waals surface area contributed by atoms with Crippen LogP contribution in [-0.2, 0) is 6.54 Å². The normalized spacial score (nSPS) is 10.5. The monoisotopic (exact) mass is 286 g/mol. The van der Waals surface area contributed by atoms with E-state index in [1.165, 1.54) is 34.4 Å². The second-order valence-corrected chi connectivity index (χ2v) is 5.29. The number of primary amides is 1. The van der Waals surface area contributed by atoms with Crippen molar-refractivity contribution in [2.75, 3.05) is 5.32 Å². The van der Waals surface area contributed by atoms with E-state index in [9.17, 15) is 9.18 Å². The van der Waals surface area contributed by atoms with Crippen LogP contribution in [0.5, 0.6) is 0 Å². The molecule has 2 aromatic carbocycles. The molecule has 3 nitrogen and oxygen atoms in total. The summed E-state index contributed by atoms with van der Waals surface area (Å²) in [6.45, 7) is 6.81. The summed E-state index contributed by atoms with van der Waals surface area (Å²) >= 11 is 0. The lowest BCUT2D eigenvalue weighted by atomic mass is 10.00. The maximum atomic E-state index is 13.4. The first-order valence-corrected chi connectivity index (χ1v) is 6.78. The predicted octanol–water partition coefficient (Wildman–Crippen LogP) is 3.46. The zero-order valence-electron chi connectivity index (χ0n) is 12.5. The average molecular weight is 286 g/mol. The molecule has 0 unspecified atom stereocenters. The molecule has 21 heavy (non-hydrogen) atoms. The van der Waals surface area contributed by atoms with Crippen molar-refractivity contribution in [2.45, 2.75) is 27.3 Å². The summed E-state index contributed by atoms with van der Waals surface area (Å²) in [4.78, 5) is 11.1. The number of hydrogen-bond acceptors (Lipinski definition) is 2. The van der Waals surface area contributed by atoms with Crippen molar-refractivity contribution in [2.24, 2.45) is 5.73 Å². The van der Waals surface area contributed by atoms with Gasteiger partial charge in [-0.2, -0.15) is 0 Å². The highest BCUT2D eigenvalue weighted by Gasteiger charge is 2.09. The van der Waals surface area contributed by atoms with Gasteiger partial charge in [0.2, 0.25) is 0 Å². The molecule has 0 saturated heterocycles. The van der Waals surface area contributed by atoms with E-state index in [-0.39, 0.29) is 5.56 Å². The molecule has 0 aliphatic rings. The van der Waals surface area contributed by atoms with Gasteiger partial charge in [-0.05, 0) is 55.7 Å². The molecule has 2 rings (SSSR count). The fraction of sp³-hybridized carbons (Fsp3) is 0.235. The number of nitrogens with one attached hydrogen (secondary N) is 1. The first-order chi connectivity index (χ1) is 9.88. The fourth-order valence-corrected chi connectivity index (χ4v) is 2.50. The number of benzene rings is 2. The average Bonchev–Trinajstić information content (AvgIpc) is 2.38. The summed E-state index contributed by atoms with van der Waals surface area (Å²) in [6.07, 6.45) is 0. The molecule has 0 radical (unpaired) electrons. The van der Waals surface area contributed by atoms with E-state index in [1.54, 1.807) is 6.07 Å². The van der Waals surface area contributed by atoms with Gasteiger partial charge in [0.25, 0.3) is 5.91 Å². The Hall–Kier alpha value is -2.36. The first kappa shape index (κ1) is 15.0. The molecule has 0 atom stereocenters. The molecule has 0 aliphatic carbocycles. The van der Waals surface area contributed by atoms with Gasteiger partial charge in [0.05, 0.1) is 5.56 Å². The van der Waals surface area contributed by atoms with Gasteiger partial charge in [-0.15, -0.1) is 0 Å². The summed E-state index contributed by atoms with van der Waals surface area (Å²) < 4.78 is 13.4. The Balaban J connectivity index is 2.21. The molecule has 0 fully saturated rings. The topological polar surface area (TPSA) is 55.1 Å². The summed E-state index contributed by atoms with van der Waals surface area (Å²) in [5.41, 5.74) is 10.6. The predicted molar refractivity (Wildman–Crippen MR) is 82.9 cm³/mol. The molecule has 1 amide bonds. The molecule has 0 heterocycles. The highest BCUT2D eigenvalue weighted by Crippen LogP contribution is 2.19. The molecule has 0 spiro atoms. The number of anilines is 1. The van der Waals surface area contributed by atoms with Crippen molar-refractivity contribution < 1.29 is 9.18 Å². The Morgan fingerprint density at radius 1 is 1.14 bits per heavy atom. The van der Waals surface area contributed by atoms with Gasteiger partial charge >= 0.3 is 0 Å². The summed E-state index contributed by atoms with van der Waals surface area (Å²) in [7, 11) is 0. The van der Waals surface area contributed by atoms with Gasteiger partial charge in [0.15, 0.2) is 0 Å². The van der Waals surface area contributed by atoms with Gasteiger partial charge in [-0.1, -0.05) is 17.7 Å². The van der Waals surface area contributed by atoms with Crippen molar-refractivity contribution in [1.29, 1.82) is 0 Å². The number of halogens is 1. The van der Waals surface area contributed by atoms with Crippen molar-refractivity contribution in [3.05, 3.63) is 64.0 Å². The third kappa shape index (κ3) is 3.40.